The van der Waals surface area contributed by atoms with Gasteiger partial charge in [-0.2, -0.15) is 0 Å². The van der Waals surface area contributed by atoms with E-state index >= 15 is 0 Å². The zero-order valence-corrected chi connectivity index (χ0v) is 12.0. The number of carbonyl (C=O) groups excluding carboxylic acids is 2. The molecule has 6 heteroatoms. The summed E-state index contributed by atoms with van der Waals surface area (Å²) in [4.78, 5) is 29.6. The number of esters is 1. The first kappa shape index (κ1) is 14.3. The number of nitrogens with two attached hydrogens (primary N) is 1. The molecule has 1 amide bonds. The highest BCUT2D eigenvalue weighted by Crippen LogP contribution is 2.28. The predicted molar refractivity (Wildman–Crippen MR) is 74.6 cm³/mol. The Labute approximate surface area is 117 Å². The molecule has 2 rings (SSSR count). The van der Waals surface area contributed by atoms with Gasteiger partial charge in [-0.1, -0.05) is 0 Å². The fraction of sp³-hybridized carbons (Fsp3) is 0.500. The zero-order chi connectivity index (χ0) is 14.9. The average molecular weight is 277 g/mol. The molecule has 0 spiro atoms. The third-order valence-corrected chi connectivity index (χ3v) is 3.59. The van der Waals surface area contributed by atoms with Crippen LogP contribution >= 0.6 is 0 Å². The van der Waals surface area contributed by atoms with E-state index in [0.29, 0.717) is 30.9 Å². The van der Waals surface area contributed by atoms with Gasteiger partial charge >= 0.3 is 5.97 Å². The number of hydrogen-bond donors (Lipinski definition) is 1. The molecule has 108 valence electrons. The Hall–Kier alpha value is -2.11. The van der Waals surface area contributed by atoms with E-state index in [4.69, 9.17) is 10.5 Å². The number of pyridine rings is 1. The zero-order valence-electron chi connectivity index (χ0n) is 12.0. The van der Waals surface area contributed by atoms with Gasteiger partial charge in [-0.05, 0) is 31.9 Å². The number of methoxy groups -OCH3 is 1. The quantitative estimate of drug-likeness (QED) is 0.826. The van der Waals surface area contributed by atoms with Gasteiger partial charge in [-0.3, -0.25) is 9.59 Å². The summed E-state index contributed by atoms with van der Waals surface area (Å²) in [6, 6.07) is 1.83. The summed E-state index contributed by atoms with van der Waals surface area (Å²) in [5.74, 6) is -0.325. The largest absolute Gasteiger partial charge is 0.469 e. The van der Waals surface area contributed by atoms with Crippen LogP contribution in [0.5, 0.6) is 0 Å². The Morgan fingerprint density at radius 1 is 1.45 bits per heavy atom. The van der Waals surface area contributed by atoms with Crippen molar-refractivity contribution in [1.29, 1.82) is 0 Å². The van der Waals surface area contributed by atoms with Gasteiger partial charge in [0.1, 0.15) is 5.82 Å². The summed E-state index contributed by atoms with van der Waals surface area (Å²) >= 11 is 0. The van der Waals surface area contributed by atoms with E-state index in [0.717, 1.165) is 11.3 Å². The van der Waals surface area contributed by atoms with Gasteiger partial charge < -0.3 is 15.4 Å². The van der Waals surface area contributed by atoms with Crippen LogP contribution in [0, 0.1) is 19.8 Å². The van der Waals surface area contributed by atoms with Gasteiger partial charge in [0.2, 0.25) is 0 Å². The minimum absolute atomic E-state index is 0.177. The number of aryl methyl sites for hydroxylation is 2. The Kier molecular flexibility index (Phi) is 3.92. The van der Waals surface area contributed by atoms with Crippen molar-refractivity contribution in [3.8, 4) is 0 Å². The molecule has 20 heavy (non-hydrogen) atoms. The number of carbonyl (C=O) groups is 2. The Balaban J connectivity index is 2.34. The molecule has 0 saturated carbocycles. The Morgan fingerprint density at radius 3 is 2.75 bits per heavy atom. The topological polar surface area (TPSA) is 85.5 Å². The van der Waals surface area contributed by atoms with Gasteiger partial charge in [0, 0.05) is 18.8 Å². The molecule has 1 aromatic rings. The van der Waals surface area contributed by atoms with Gasteiger partial charge in [0.15, 0.2) is 0 Å². The second-order valence-electron chi connectivity index (χ2n) is 5.10. The molecule has 2 heterocycles. The maximum Gasteiger partial charge on any atom is 0.310 e. The second kappa shape index (κ2) is 5.48. The summed E-state index contributed by atoms with van der Waals surface area (Å²) in [5.41, 5.74) is 7.52. The van der Waals surface area contributed by atoms with Gasteiger partial charge in [-0.15, -0.1) is 0 Å². The number of rotatable bonds is 3. The Bertz CT molecular complexity index is 557. The highest BCUT2D eigenvalue weighted by atomic mass is 16.5. The van der Waals surface area contributed by atoms with Crippen LogP contribution in [0.3, 0.4) is 0 Å². The SMILES string of the molecule is COC(=O)C1CCN(c2nc(C)cc(C)c2C(N)=O)C1. The molecule has 0 radical (unpaired) electrons. The first-order valence-electron chi connectivity index (χ1n) is 6.55. The predicted octanol–water partition coefficient (Wildman–Crippen LogP) is 0.797. The lowest BCUT2D eigenvalue weighted by Crippen LogP contribution is -2.28. The number of primary amides is 1. The smallest absolute Gasteiger partial charge is 0.310 e. The lowest BCUT2D eigenvalue weighted by Gasteiger charge is -2.21. The molecular formula is C14H19N3O3. The van der Waals surface area contributed by atoms with Crippen molar-refractivity contribution >= 4 is 17.7 Å². The highest BCUT2D eigenvalue weighted by molar-refractivity contribution is 5.99. The summed E-state index contributed by atoms with van der Waals surface area (Å²) in [6.07, 6.45) is 0.694. The second-order valence-corrected chi connectivity index (χ2v) is 5.10. The van der Waals surface area contributed by atoms with E-state index in [-0.39, 0.29) is 11.9 Å². The van der Waals surface area contributed by atoms with Crippen molar-refractivity contribution < 1.29 is 14.3 Å². The Morgan fingerprint density at radius 2 is 2.15 bits per heavy atom. The normalized spacial score (nSPS) is 18.1. The highest BCUT2D eigenvalue weighted by Gasteiger charge is 2.32. The molecule has 2 N–H and O–H groups in total. The number of amides is 1. The molecule has 1 aliphatic heterocycles. The lowest BCUT2D eigenvalue weighted by atomic mass is 10.1. The van der Waals surface area contributed by atoms with Crippen LogP contribution in [0.1, 0.15) is 28.0 Å². The molecule has 1 unspecified atom stereocenters. The molecule has 1 atom stereocenters. The summed E-state index contributed by atoms with van der Waals surface area (Å²) in [5, 5.41) is 0. The fourth-order valence-electron chi connectivity index (χ4n) is 2.66. The first-order valence-corrected chi connectivity index (χ1v) is 6.55. The number of ether oxygens (including phenoxy) is 1. The molecule has 0 bridgehead atoms. The fourth-order valence-corrected chi connectivity index (χ4v) is 2.66. The van der Waals surface area contributed by atoms with Gasteiger partial charge in [-0.25, -0.2) is 4.98 Å². The number of aromatic nitrogens is 1. The van der Waals surface area contributed by atoms with Crippen molar-refractivity contribution in [3.05, 3.63) is 22.9 Å². The lowest BCUT2D eigenvalue weighted by molar-refractivity contribution is -0.144. The monoisotopic (exact) mass is 277 g/mol. The van der Waals surface area contributed by atoms with Crippen LogP contribution in [0.15, 0.2) is 6.07 Å². The molecule has 1 saturated heterocycles. The number of nitrogens with zero attached hydrogens (tertiary/aromatic N) is 2. The van der Waals surface area contributed by atoms with Crippen molar-refractivity contribution in [2.24, 2.45) is 11.7 Å². The number of hydrogen-bond acceptors (Lipinski definition) is 5. The average Bonchev–Trinajstić information content (AvgIpc) is 2.85. The molecule has 1 aromatic heterocycles. The minimum atomic E-state index is -0.494. The summed E-state index contributed by atoms with van der Waals surface area (Å²) in [7, 11) is 1.38. The van der Waals surface area contributed by atoms with Crippen molar-refractivity contribution in [3.63, 3.8) is 0 Å². The third-order valence-electron chi connectivity index (χ3n) is 3.59. The van der Waals surface area contributed by atoms with Crippen LogP contribution in [-0.4, -0.2) is 37.1 Å². The number of anilines is 1. The van der Waals surface area contributed by atoms with Gasteiger partial charge in [0.05, 0.1) is 18.6 Å². The molecule has 1 aliphatic rings. The van der Waals surface area contributed by atoms with Crippen molar-refractivity contribution in [2.45, 2.75) is 20.3 Å². The van der Waals surface area contributed by atoms with E-state index < -0.39 is 5.91 Å². The van der Waals surface area contributed by atoms with E-state index in [1.54, 1.807) is 0 Å². The van der Waals surface area contributed by atoms with Gasteiger partial charge in [0.25, 0.3) is 5.91 Å². The van der Waals surface area contributed by atoms with Crippen LogP contribution in [-0.2, 0) is 9.53 Å². The van der Waals surface area contributed by atoms with Crippen LogP contribution in [0.2, 0.25) is 0 Å². The summed E-state index contributed by atoms with van der Waals surface area (Å²) < 4.78 is 4.77. The molecule has 0 aliphatic carbocycles. The van der Waals surface area contributed by atoms with E-state index in [2.05, 4.69) is 4.98 Å². The maximum absolute atomic E-state index is 11.6. The van der Waals surface area contributed by atoms with Crippen LogP contribution in [0.25, 0.3) is 0 Å². The van der Waals surface area contributed by atoms with E-state index in [1.807, 2.05) is 24.8 Å². The minimum Gasteiger partial charge on any atom is -0.469 e. The molecule has 1 fully saturated rings. The van der Waals surface area contributed by atoms with E-state index in [1.165, 1.54) is 7.11 Å². The summed E-state index contributed by atoms with van der Waals surface area (Å²) in [6.45, 7) is 4.88. The first-order chi connectivity index (χ1) is 9.43. The molecule has 6 nitrogen and oxygen atoms in total. The van der Waals surface area contributed by atoms with Crippen LogP contribution < -0.4 is 10.6 Å². The third kappa shape index (κ3) is 2.59. The molecular weight excluding hydrogens is 258 g/mol. The van der Waals surface area contributed by atoms with E-state index in [9.17, 15) is 9.59 Å². The maximum atomic E-state index is 11.6. The van der Waals surface area contributed by atoms with Crippen molar-refractivity contribution in [1.82, 2.24) is 4.98 Å². The standard InChI is InChI=1S/C14H19N3O3/c1-8-6-9(2)16-13(11(8)12(15)18)17-5-4-10(7-17)14(19)20-3/h6,10H,4-5,7H2,1-3H3,(H2,15,18). The van der Waals surface area contributed by atoms with Crippen LogP contribution in [0.4, 0.5) is 5.82 Å². The molecule has 0 aromatic carbocycles. The van der Waals surface area contributed by atoms with Crippen molar-refractivity contribution in [2.75, 3.05) is 25.1 Å².